The summed E-state index contributed by atoms with van der Waals surface area (Å²) >= 11 is 5.93. The molecular weight excluding hydrogens is 241 g/mol. The molecule has 0 saturated heterocycles. The van der Waals surface area contributed by atoms with Gasteiger partial charge in [-0.1, -0.05) is 17.7 Å². The van der Waals surface area contributed by atoms with Gasteiger partial charge in [0.05, 0.1) is 12.3 Å². The van der Waals surface area contributed by atoms with Gasteiger partial charge in [0.25, 0.3) is 0 Å². The summed E-state index contributed by atoms with van der Waals surface area (Å²) in [7, 11) is 0. The van der Waals surface area contributed by atoms with Crippen LogP contribution in [0.5, 0.6) is 0 Å². The quantitative estimate of drug-likeness (QED) is 0.893. The highest BCUT2D eigenvalue weighted by Gasteiger charge is 2.08. The molecule has 0 fully saturated rings. The zero-order valence-electron chi connectivity index (χ0n) is 9.41. The second-order valence-corrected chi connectivity index (χ2v) is 4.26. The number of rotatable bonds is 4. The van der Waals surface area contributed by atoms with Crippen molar-refractivity contribution in [2.45, 2.75) is 19.5 Å². The topological polar surface area (TPSA) is 25.2 Å². The molecule has 2 nitrogen and oxygen atoms in total. The summed E-state index contributed by atoms with van der Waals surface area (Å²) in [4.78, 5) is 0. The molecule has 4 heteroatoms. The minimum atomic E-state index is -0.321. The maximum Gasteiger partial charge on any atom is 0.124 e. The summed E-state index contributed by atoms with van der Waals surface area (Å²) in [5.41, 5.74) is 0.867. The van der Waals surface area contributed by atoms with E-state index in [0.717, 1.165) is 11.3 Å². The number of halogens is 2. The van der Waals surface area contributed by atoms with E-state index in [1.54, 1.807) is 12.3 Å². The van der Waals surface area contributed by atoms with E-state index in [1.165, 1.54) is 12.1 Å². The van der Waals surface area contributed by atoms with Crippen LogP contribution in [0, 0.1) is 5.82 Å². The smallest absolute Gasteiger partial charge is 0.124 e. The van der Waals surface area contributed by atoms with Gasteiger partial charge in [-0.3, -0.25) is 0 Å². The van der Waals surface area contributed by atoms with Gasteiger partial charge < -0.3 is 9.73 Å². The second-order valence-electron chi connectivity index (χ2n) is 3.85. The van der Waals surface area contributed by atoms with Gasteiger partial charge in [-0.25, -0.2) is 4.39 Å². The van der Waals surface area contributed by atoms with Crippen molar-refractivity contribution in [3.05, 3.63) is 58.8 Å². The van der Waals surface area contributed by atoms with E-state index in [9.17, 15) is 4.39 Å². The molecule has 0 saturated carbocycles. The van der Waals surface area contributed by atoms with Crippen LogP contribution in [0.3, 0.4) is 0 Å². The fourth-order valence-electron chi connectivity index (χ4n) is 1.57. The summed E-state index contributed by atoms with van der Waals surface area (Å²) < 4.78 is 18.1. The molecule has 1 aromatic carbocycles. The lowest BCUT2D eigenvalue weighted by atomic mass is 10.2. The highest BCUT2D eigenvalue weighted by molar-refractivity contribution is 6.31. The van der Waals surface area contributed by atoms with Crippen LogP contribution < -0.4 is 5.32 Å². The second kappa shape index (κ2) is 5.34. The van der Waals surface area contributed by atoms with Crippen molar-refractivity contribution in [1.29, 1.82) is 0 Å². The lowest BCUT2D eigenvalue weighted by Crippen LogP contribution is -2.17. The number of hydrogen-bond donors (Lipinski definition) is 1. The largest absolute Gasteiger partial charge is 0.468 e. The SMILES string of the molecule is C[C@@H](NCc1ccc(F)cc1Cl)c1ccco1. The predicted molar refractivity (Wildman–Crippen MR) is 65.4 cm³/mol. The van der Waals surface area contributed by atoms with E-state index in [4.69, 9.17) is 16.0 Å². The van der Waals surface area contributed by atoms with Gasteiger partial charge in [0.15, 0.2) is 0 Å². The minimum absolute atomic E-state index is 0.0890. The Morgan fingerprint density at radius 2 is 2.24 bits per heavy atom. The van der Waals surface area contributed by atoms with Gasteiger partial charge in [0, 0.05) is 11.6 Å². The summed E-state index contributed by atoms with van der Waals surface area (Å²) in [6.07, 6.45) is 1.64. The molecule has 1 aromatic heterocycles. The van der Waals surface area contributed by atoms with Crippen molar-refractivity contribution in [1.82, 2.24) is 5.32 Å². The molecule has 2 aromatic rings. The highest BCUT2D eigenvalue weighted by atomic mass is 35.5. The molecule has 0 bridgehead atoms. The first kappa shape index (κ1) is 12.1. The summed E-state index contributed by atoms with van der Waals surface area (Å²) in [6, 6.07) is 8.24. The van der Waals surface area contributed by atoms with Crippen LogP contribution >= 0.6 is 11.6 Å². The zero-order chi connectivity index (χ0) is 12.3. The Kier molecular flexibility index (Phi) is 3.82. The lowest BCUT2D eigenvalue weighted by Gasteiger charge is -2.12. The fraction of sp³-hybridized carbons (Fsp3) is 0.231. The monoisotopic (exact) mass is 253 g/mol. The van der Waals surface area contributed by atoms with Crippen LogP contribution in [-0.4, -0.2) is 0 Å². The molecule has 0 unspecified atom stereocenters. The molecular formula is C13H13ClFNO. The van der Waals surface area contributed by atoms with Crippen LogP contribution in [0.25, 0.3) is 0 Å². The fourth-order valence-corrected chi connectivity index (χ4v) is 1.80. The third-order valence-corrected chi connectivity index (χ3v) is 2.94. The van der Waals surface area contributed by atoms with Crippen molar-refractivity contribution >= 4 is 11.6 Å². The van der Waals surface area contributed by atoms with Crippen molar-refractivity contribution < 1.29 is 8.81 Å². The first-order valence-corrected chi connectivity index (χ1v) is 5.75. The van der Waals surface area contributed by atoms with Crippen LogP contribution in [0.15, 0.2) is 41.0 Å². The molecule has 0 aliphatic carbocycles. The molecule has 1 N–H and O–H groups in total. The number of hydrogen-bond acceptors (Lipinski definition) is 2. The molecule has 90 valence electrons. The molecule has 0 radical (unpaired) electrons. The lowest BCUT2D eigenvalue weighted by molar-refractivity contribution is 0.430. The van der Waals surface area contributed by atoms with E-state index >= 15 is 0 Å². The van der Waals surface area contributed by atoms with Crippen molar-refractivity contribution in [2.24, 2.45) is 0 Å². The standard InChI is InChI=1S/C13H13ClFNO/c1-9(13-3-2-6-17-13)16-8-10-4-5-11(15)7-12(10)14/h2-7,9,16H,8H2,1H3/t9-/m1/s1. The molecule has 17 heavy (non-hydrogen) atoms. The van der Waals surface area contributed by atoms with Gasteiger partial charge in [-0.15, -0.1) is 0 Å². The Morgan fingerprint density at radius 3 is 2.88 bits per heavy atom. The third-order valence-electron chi connectivity index (χ3n) is 2.58. The average Bonchev–Trinajstić information content (AvgIpc) is 2.81. The highest BCUT2D eigenvalue weighted by Crippen LogP contribution is 2.19. The molecule has 1 atom stereocenters. The first-order valence-electron chi connectivity index (χ1n) is 5.37. The van der Waals surface area contributed by atoms with Gasteiger partial charge >= 0.3 is 0 Å². The predicted octanol–water partition coefficient (Wildman–Crippen LogP) is 3.92. The normalized spacial score (nSPS) is 12.6. The molecule has 0 spiro atoms. The number of furan rings is 1. The van der Waals surface area contributed by atoms with Crippen LogP contribution in [0.4, 0.5) is 4.39 Å². The molecule has 0 aliphatic heterocycles. The Morgan fingerprint density at radius 1 is 1.41 bits per heavy atom. The van der Waals surface area contributed by atoms with Gasteiger partial charge in [-0.2, -0.15) is 0 Å². The molecule has 1 heterocycles. The van der Waals surface area contributed by atoms with Gasteiger partial charge in [0.1, 0.15) is 11.6 Å². The third kappa shape index (κ3) is 3.08. The van der Waals surface area contributed by atoms with Crippen molar-refractivity contribution in [3.8, 4) is 0 Å². The minimum Gasteiger partial charge on any atom is -0.468 e. The van der Waals surface area contributed by atoms with E-state index in [0.29, 0.717) is 11.6 Å². The first-order chi connectivity index (χ1) is 8.16. The van der Waals surface area contributed by atoms with Gasteiger partial charge in [0.2, 0.25) is 0 Å². The Labute approximate surface area is 104 Å². The van der Waals surface area contributed by atoms with E-state index < -0.39 is 0 Å². The summed E-state index contributed by atoms with van der Waals surface area (Å²) in [5, 5.41) is 3.70. The number of benzene rings is 1. The van der Waals surface area contributed by atoms with Gasteiger partial charge in [-0.05, 0) is 36.8 Å². The van der Waals surface area contributed by atoms with Crippen LogP contribution in [0.2, 0.25) is 5.02 Å². The maximum atomic E-state index is 12.8. The molecule has 0 aliphatic rings. The van der Waals surface area contributed by atoms with E-state index in [1.807, 2.05) is 19.1 Å². The van der Waals surface area contributed by atoms with Crippen molar-refractivity contribution in [3.63, 3.8) is 0 Å². The van der Waals surface area contributed by atoms with Crippen LogP contribution in [-0.2, 0) is 6.54 Å². The molecule has 2 rings (SSSR count). The van der Waals surface area contributed by atoms with E-state index in [-0.39, 0.29) is 11.9 Å². The number of nitrogens with one attached hydrogen (secondary N) is 1. The summed E-state index contributed by atoms with van der Waals surface area (Å²) in [6.45, 7) is 2.57. The van der Waals surface area contributed by atoms with Crippen LogP contribution in [0.1, 0.15) is 24.3 Å². The average molecular weight is 254 g/mol. The maximum absolute atomic E-state index is 12.8. The summed E-state index contributed by atoms with van der Waals surface area (Å²) in [5.74, 6) is 0.543. The zero-order valence-corrected chi connectivity index (χ0v) is 10.2. The van der Waals surface area contributed by atoms with E-state index in [2.05, 4.69) is 5.32 Å². The Balaban J connectivity index is 1.98. The Bertz CT molecular complexity index is 484. The van der Waals surface area contributed by atoms with Crippen molar-refractivity contribution in [2.75, 3.05) is 0 Å². The molecule has 0 amide bonds. The Hall–Kier alpha value is -1.32.